The number of ether oxygens (including phenoxy) is 1. The second-order valence-electron chi connectivity index (χ2n) is 9.26. The van der Waals surface area contributed by atoms with E-state index in [1.165, 1.54) is 30.2 Å². The number of anilines is 1. The van der Waals surface area contributed by atoms with E-state index in [0.717, 1.165) is 16.1 Å². The normalized spacial score (nSPS) is 12.5. The third-order valence-corrected chi connectivity index (χ3v) is 6.62. The lowest BCUT2D eigenvalue weighted by molar-refractivity contribution is -0.141. The summed E-state index contributed by atoms with van der Waals surface area (Å²) >= 11 is 6.21. The summed E-state index contributed by atoms with van der Waals surface area (Å²) in [5.41, 5.74) is 0.546. The summed E-state index contributed by atoms with van der Waals surface area (Å²) in [6, 6.07) is 12.9. The van der Waals surface area contributed by atoms with E-state index in [-0.39, 0.29) is 23.2 Å². The van der Waals surface area contributed by atoms with Crippen molar-refractivity contribution in [2.45, 2.75) is 52.2 Å². The highest BCUT2D eigenvalue weighted by molar-refractivity contribution is 7.92. The molecule has 2 rings (SSSR count). The van der Waals surface area contributed by atoms with E-state index in [4.69, 9.17) is 16.3 Å². The first-order chi connectivity index (χ1) is 16.3. The smallest absolute Gasteiger partial charge is 0.244 e. The molecule has 0 unspecified atom stereocenters. The highest BCUT2D eigenvalue weighted by atomic mass is 35.5. The summed E-state index contributed by atoms with van der Waals surface area (Å²) in [5, 5.41) is 3.14. The van der Waals surface area contributed by atoms with Crippen molar-refractivity contribution >= 4 is 39.1 Å². The topological polar surface area (TPSA) is 96.0 Å². The summed E-state index contributed by atoms with van der Waals surface area (Å²) in [4.78, 5) is 28.2. The van der Waals surface area contributed by atoms with Gasteiger partial charge >= 0.3 is 0 Å². The van der Waals surface area contributed by atoms with Crippen LogP contribution in [0.3, 0.4) is 0 Å². The van der Waals surface area contributed by atoms with Crippen LogP contribution < -0.4 is 14.4 Å². The molecule has 8 nitrogen and oxygen atoms in total. The predicted octanol–water partition coefficient (Wildman–Crippen LogP) is 3.84. The van der Waals surface area contributed by atoms with Crippen molar-refractivity contribution < 1.29 is 22.7 Å². The van der Waals surface area contributed by atoms with E-state index < -0.39 is 34.1 Å². The molecule has 0 radical (unpaired) electrons. The predicted molar refractivity (Wildman–Crippen MR) is 139 cm³/mol. The molecule has 10 heteroatoms. The standard InChI is InChI=1S/C25H34ClN3O5S/c1-7-21(24(31)27-25(2,3)4)28(16-18-11-9-8-10-12-18)23(30)17-29(35(6,32)33)19-13-14-22(34-5)20(26)15-19/h8-15,21H,7,16-17H2,1-6H3,(H,27,31)/t21-/m0/s1. The lowest BCUT2D eigenvalue weighted by Crippen LogP contribution is -2.55. The van der Waals surface area contributed by atoms with Gasteiger partial charge in [0.25, 0.3) is 0 Å². The van der Waals surface area contributed by atoms with Crippen molar-refractivity contribution in [1.29, 1.82) is 0 Å². The number of sulfonamides is 1. The molecule has 2 amide bonds. The number of amides is 2. The molecule has 0 aliphatic rings. The lowest BCUT2D eigenvalue weighted by atomic mass is 10.1. The zero-order valence-corrected chi connectivity index (χ0v) is 22.6. The summed E-state index contributed by atoms with van der Waals surface area (Å²) in [5.74, 6) is -0.435. The van der Waals surface area contributed by atoms with Gasteiger partial charge in [-0.15, -0.1) is 0 Å². The highest BCUT2D eigenvalue weighted by Crippen LogP contribution is 2.30. The van der Waals surface area contributed by atoms with Crippen molar-refractivity contribution in [3.8, 4) is 5.75 Å². The Balaban J connectivity index is 2.46. The fourth-order valence-corrected chi connectivity index (χ4v) is 4.67. The number of carbonyl (C=O) groups excluding carboxylic acids is 2. The Hall–Kier alpha value is -2.78. The van der Waals surface area contributed by atoms with Gasteiger partial charge in [-0.25, -0.2) is 8.42 Å². The third-order valence-electron chi connectivity index (χ3n) is 5.18. The average Bonchev–Trinajstić information content (AvgIpc) is 2.75. The molecule has 0 bridgehead atoms. The second kappa shape index (κ2) is 11.8. The van der Waals surface area contributed by atoms with Crippen LogP contribution in [0.25, 0.3) is 0 Å². The summed E-state index contributed by atoms with van der Waals surface area (Å²) in [6.45, 7) is 7.06. The first-order valence-electron chi connectivity index (χ1n) is 11.2. The second-order valence-corrected chi connectivity index (χ2v) is 11.6. The van der Waals surface area contributed by atoms with Crippen molar-refractivity contribution in [2.24, 2.45) is 0 Å². The number of nitrogens with zero attached hydrogens (tertiary/aromatic N) is 2. The zero-order chi connectivity index (χ0) is 26.4. The fourth-order valence-electron chi connectivity index (χ4n) is 3.58. The maximum absolute atomic E-state index is 13.6. The van der Waals surface area contributed by atoms with Gasteiger partial charge in [-0.05, 0) is 51.0 Å². The third kappa shape index (κ3) is 8.14. The van der Waals surface area contributed by atoms with Crippen LogP contribution in [0.5, 0.6) is 5.75 Å². The first kappa shape index (κ1) is 28.5. The number of nitrogens with one attached hydrogen (secondary N) is 1. The molecule has 35 heavy (non-hydrogen) atoms. The van der Waals surface area contributed by atoms with Crippen molar-refractivity contribution in [1.82, 2.24) is 10.2 Å². The van der Waals surface area contributed by atoms with Gasteiger partial charge in [0.15, 0.2) is 0 Å². The molecule has 0 aliphatic carbocycles. The molecule has 1 N–H and O–H groups in total. The number of halogens is 1. The number of hydrogen-bond acceptors (Lipinski definition) is 5. The van der Waals surface area contributed by atoms with Crippen LogP contribution >= 0.6 is 11.6 Å². The Morgan fingerprint density at radius 1 is 1.11 bits per heavy atom. The van der Waals surface area contributed by atoms with Crippen LogP contribution in [0, 0.1) is 0 Å². The monoisotopic (exact) mass is 523 g/mol. The SMILES string of the molecule is CC[C@@H](C(=O)NC(C)(C)C)N(Cc1ccccc1)C(=O)CN(c1ccc(OC)c(Cl)c1)S(C)(=O)=O. The Labute approximate surface area is 213 Å². The molecule has 2 aromatic rings. The van der Waals surface area contributed by atoms with Crippen LogP contribution in [0.1, 0.15) is 39.7 Å². The molecule has 1 atom stereocenters. The minimum absolute atomic E-state index is 0.150. The Bertz CT molecular complexity index is 1130. The Morgan fingerprint density at radius 2 is 1.74 bits per heavy atom. The van der Waals surface area contributed by atoms with Gasteiger partial charge in [0.05, 0.1) is 24.1 Å². The summed E-state index contributed by atoms with van der Waals surface area (Å²) in [7, 11) is -2.40. The Kier molecular flexibility index (Phi) is 9.57. The minimum atomic E-state index is -3.85. The molecule has 0 fully saturated rings. The van der Waals surface area contributed by atoms with E-state index >= 15 is 0 Å². The maximum atomic E-state index is 13.6. The van der Waals surface area contributed by atoms with Gasteiger partial charge in [0, 0.05) is 12.1 Å². The van der Waals surface area contributed by atoms with E-state index in [1.807, 2.05) is 58.0 Å². The Morgan fingerprint density at radius 3 is 2.23 bits per heavy atom. The number of rotatable bonds is 10. The fraction of sp³-hybridized carbons (Fsp3) is 0.440. The molecule has 0 aliphatic heterocycles. The van der Waals surface area contributed by atoms with Crippen LogP contribution in [0.4, 0.5) is 5.69 Å². The van der Waals surface area contributed by atoms with E-state index in [0.29, 0.717) is 12.2 Å². The highest BCUT2D eigenvalue weighted by Gasteiger charge is 2.33. The molecular formula is C25H34ClN3O5S. The molecular weight excluding hydrogens is 490 g/mol. The van der Waals surface area contributed by atoms with Crippen molar-refractivity contribution in [3.63, 3.8) is 0 Å². The number of methoxy groups -OCH3 is 1. The zero-order valence-electron chi connectivity index (χ0n) is 21.0. The van der Waals surface area contributed by atoms with Crippen LogP contribution in [-0.2, 0) is 26.2 Å². The van der Waals surface area contributed by atoms with Crippen LogP contribution in [-0.4, -0.2) is 56.6 Å². The maximum Gasteiger partial charge on any atom is 0.244 e. The average molecular weight is 524 g/mol. The van der Waals surface area contributed by atoms with E-state index in [1.54, 1.807) is 0 Å². The quantitative estimate of drug-likeness (QED) is 0.510. The van der Waals surface area contributed by atoms with Gasteiger partial charge in [0.1, 0.15) is 18.3 Å². The van der Waals surface area contributed by atoms with E-state index in [2.05, 4.69) is 5.32 Å². The molecule has 192 valence electrons. The molecule has 0 spiro atoms. The molecule has 0 saturated carbocycles. The molecule has 0 heterocycles. The largest absolute Gasteiger partial charge is 0.495 e. The summed E-state index contributed by atoms with van der Waals surface area (Å²) < 4.78 is 31.5. The molecule has 0 saturated heterocycles. The van der Waals surface area contributed by atoms with Crippen molar-refractivity contribution in [3.05, 3.63) is 59.1 Å². The summed E-state index contributed by atoms with van der Waals surface area (Å²) in [6.07, 6.45) is 1.37. The van der Waals surface area contributed by atoms with Gasteiger partial charge in [0.2, 0.25) is 21.8 Å². The lowest BCUT2D eigenvalue weighted by Gasteiger charge is -2.34. The number of carbonyl (C=O) groups is 2. The molecule has 0 aromatic heterocycles. The number of hydrogen-bond donors (Lipinski definition) is 1. The van der Waals surface area contributed by atoms with Gasteiger partial charge < -0.3 is 15.0 Å². The molecule has 2 aromatic carbocycles. The first-order valence-corrected chi connectivity index (χ1v) is 13.5. The minimum Gasteiger partial charge on any atom is -0.495 e. The van der Waals surface area contributed by atoms with Crippen LogP contribution in [0.15, 0.2) is 48.5 Å². The van der Waals surface area contributed by atoms with Gasteiger partial charge in [-0.3, -0.25) is 13.9 Å². The van der Waals surface area contributed by atoms with Crippen LogP contribution in [0.2, 0.25) is 5.02 Å². The van der Waals surface area contributed by atoms with E-state index in [9.17, 15) is 18.0 Å². The van der Waals surface area contributed by atoms with Gasteiger partial charge in [-0.1, -0.05) is 48.9 Å². The number of benzene rings is 2. The van der Waals surface area contributed by atoms with Gasteiger partial charge in [-0.2, -0.15) is 0 Å². The van der Waals surface area contributed by atoms with Crippen molar-refractivity contribution in [2.75, 3.05) is 24.2 Å².